The first-order valence-electron chi connectivity index (χ1n) is 9.00. The number of aromatic amines is 1. The molecule has 0 amide bonds. The number of H-pyrrole nitrogens is 1. The molecule has 1 atom stereocenters. The normalized spacial score (nSPS) is 12.5. The van der Waals surface area contributed by atoms with Crippen LogP contribution in [0.4, 0.5) is 4.39 Å². The number of halogens is 1. The lowest BCUT2D eigenvalue weighted by molar-refractivity contribution is 0.536. The summed E-state index contributed by atoms with van der Waals surface area (Å²) in [6.45, 7) is 0. The molecule has 150 valence electrons. The number of nitrogens with one attached hydrogen (secondary N) is 1. The molecule has 0 radical (unpaired) electrons. The molecule has 0 fully saturated rings. The molecule has 30 heavy (non-hydrogen) atoms. The largest absolute Gasteiger partial charge is 0.772 e. The lowest BCUT2D eigenvalue weighted by Crippen LogP contribution is -1.90. The minimum absolute atomic E-state index is 0.00139. The van der Waals surface area contributed by atoms with Crippen LogP contribution in [0.25, 0.3) is 38.4 Å². The number of hydrogen-bond acceptors (Lipinski definition) is 5. The quantitative estimate of drug-likeness (QED) is 0.405. The third-order valence-electron chi connectivity index (χ3n) is 4.78. The summed E-state index contributed by atoms with van der Waals surface area (Å²) in [5.74, 6) is -0.292. The molecule has 1 unspecified atom stereocenters. The predicted molar refractivity (Wildman–Crippen MR) is 115 cm³/mol. The molecule has 1 N–H and O–H groups in total. The Hall–Kier alpha value is -3.14. The van der Waals surface area contributed by atoms with E-state index in [1.54, 1.807) is 24.7 Å². The zero-order valence-corrected chi connectivity index (χ0v) is 17.0. The maximum Gasteiger partial charge on any atom is 0.123 e. The molecule has 0 bridgehead atoms. The van der Waals surface area contributed by atoms with E-state index in [1.807, 2.05) is 34.9 Å². The third kappa shape index (κ3) is 3.47. The first kappa shape index (κ1) is 18.9. The lowest BCUT2D eigenvalue weighted by Gasteiger charge is -2.06. The summed E-state index contributed by atoms with van der Waals surface area (Å²) in [6.07, 6.45) is 3.47. The summed E-state index contributed by atoms with van der Waals surface area (Å²) >= 11 is -0.708. The van der Waals surface area contributed by atoms with Gasteiger partial charge >= 0.3 is 0 Å². The van der Waals surface area contributed by atoms with Crippen LogP contribution >= 0.6 is 11.3 Å². The molecule has 6 nitrogen and oxygen atoms in total. The maximum absolute atomic E-state index is 13.3. The van der Waals surface area contributed by atoms with E-state index in [1.165, 1.54) is 23.5 Å². The van der Waals surface area contributed by atoms with Crippen LogP contribution in [0.5, 0.6) is 0 Å². The summed E-state index contributed by atoms with van der Waals surface area (Å²) in [7, 11) is 0. The van der Waals surface area contributed by atoms with E-state index in [-0.39, 0.29) is 11.6 Å². The van der Waals surface area contributed by atoms with Crippen molar-refractivity contribution in [1.82, 2.24) is 19.7 Å². The summed E-state index contributed by atoms with van der Waals surface area (Å²) < 4.78 is 37.2. The van der Waals surface area contributed by atoms with E-state index in [0.29, 0.717) is 0 Å². The van der Waals surface area contributed by atoms with Crippen LogP contribution in [0.2, 0.25) is 0 Å². The highest BCUT2D eigenvalue weighted by Crippen LogP contribution is 2.33. The number of benzene rings is 2. The molecule has 0 aliphatic rings. The van der Waals surface area contributed by atoms with Gasteiger partial charge in [0, 0.05) is 21.8 Å². The smallest absolute Gasteiger partial charge is 0.123 e. The Balaban J connectivity index is 1.57. The number of rotatable bonds is 5. The van der Waals surface area contributed by atoms with E-state index < -0.39 is 11.1 Å². The van der Waals surface area contributed by atoms with Gasteiger partial charge in [-0.25, -0.2) is 9.37 Å². The van der Waals surface area contributed by atoms with Gasteiger partial charge in [-0.05, 0) is 65.2 Å². The molecule has 5 rings (SSSR count). The molecule has 5 aromatic rings. The molecule has 9 heteroatoms. The molecule has 0 aliphatic carbocycles. The zero-order chi connectivity index (χ0) is 20.7. The summed E-state index contributed by atoms with van der Waals surface area (Å²) in [5, 5.41) is 8.07. The monoisotopic (exact) mass is 437 g/mol. The van der Waals surface area contributed by atoms with Crippen LogP contribution in [0.1, 0.15) is 4.88 Å². The highest BCUT2D eigenvalue weighted by atomic mass is 32.2. The third-order valence-corrected chi connectivity index (χ3v) is 6.59. The van der Waals surface area contributed by atoms with Crippen molar-refractivity contribution in [3.05, 3.63) is 77.8 Å². The van der Waals surface area contributed by atoms with Crippen molar-refractivity contribution < 1.29 is 13.2 Å². The second-order valence-corrected chi connectivity index (χ2v) is 8.71. The fourth-order valence-corrected chi connectivity index (χ4v) is 5.02. The van der Waals surface area contributed by atoms with Gasteiger partial charge in [-0.2, -0.15) is 5.10 Å². The standard InChI is InChI=1S/C21H15FN4O2S2/c22-15-4-1-13(2-5-15)21-17(10-24-25-21)14-3-7-18-19(9-14)26(12-23-18)20-8-6-16(29-20)11-30(27)28/h1-10,12H,11H2,(H,24,25)(H,27,28)/p-1. The van der Waals surface area contributed by atoms with Crippen molar-refractivity contribution in [3.63, 3.8) is 0 Å². The van der Waals surface area contributed by atoms with Crippen LogP contribution in [0.3, 0.4) is 0 Å². The second-order valence-electron chi connectivity index (χ2n) is 6.67. The Morgan fingerprint density at radius 1 is 1.10 bits per heavy atom. The first-order chi connectivity index (χ1) is 14.6. The fraction of sp³-hybridized carbons (Fsp3) is 0.0476. The Morgan fingerprint density at radius 2 is 1.90 bits per heavy atom. The predicted octanol–water partition coefficient (Wildman–Crippen LogP) is 4.66. The Kier molecular flexibility index (Phi) is 4.78. The lowest BCUT2D eigenvalue weighted by atomic mass is 10.0. The summed E-state index contributed by atoms with van der Waals surface area (Å²) in [6, 6.07) is 15.9. The molecule has 0 spiro atoms. The average Bonchev–Trinajstić information content (AvgIpc) is 3.46. The van der Waals surface area contributed by atoms with Gasteiger partial charge in [0.2, 0.25) is 0 Å². The maximum atomic E-state index is 13.3. The summed E-state index contributed by atoms with van der Waals surface area (Å²) in [4.78, 5) is 5.23. The van der Waals surface area contributed by atoms with Gasteiger partial charge in [-0.1, -0.05) is 6.07 Å². The minimum atomic E-state index is -2.12. The van der Waals surface area contributed by atoms with E-state index in [4.69, 9.17) is 0 Å². The number of aromatic nitrogens is 4. The van der Waals surface area contributed by atoms with Crippen molar-refractivity contribution in [1.29, 1.82) is 0 Å². The SMILES string of the molecule is O=S([O-])Cc1ccc(-n2cnc3ccc(-c4cn[nH]c4-c4ccc(F)cc4)cc32)s1. The molecule has 2 aromatic carbocycles. The van der Waals surface area contributed by atoms with Gasteiger partial charge in [0.25, 0.3) is 0 Å². The molecule has 3 heterocycles. The van der Waals surface area contributed by atoms with E-state index in [9.17, 15) is 13.2 Å². The fourth-order valence-electron chi connectivity index (χ4n) is 3.38. The molecule has 0 aliphatic heterocycles. The van der Waals surface area contributed by atoms with E-state index in [2.05, 4.69) is 15.2 Å². The van der Waals surface area contributed by atoms with E-state index >= 15 is 0 Å². The Labute approximate surface area is 177 Å². The molecule has 0 saturated heterocycles. The van der Waals surface area contributed by atoms with Crippen molar-refractivity contribution in [2.24, 2.45) is 0 Å². The van der Waals surface area contributed by atoms with Gasteiger partial charge in [0.05, 0.1) is 22.9 Å². The number of thiophene rings is 1. The Bertz CT molecular complexity index is 1370. The number of hydrogen-bond donors (Lipinski definition) is 1. The van der Waals surface area contributed by atoms with Crippen molar-refractivity contribution >= 4 is 33.5 Å². The second kappa shape index (κ2) is 7.60. The summed E-state index contributed by atoms with van der Waals surface area (Å²) in [5.41, 5.74) is 5.20. The van der Waals surface area contributed by atoms with Crippen LogP contribution < -0.4 is 0 Å². The molecule has 0 saturated carbocycles. The highest BCUT2D eigenvalue weighted by Gasteiger charge is 2.13. The molecular weight excluding hydrogens is 423 g/mol. The van der Waals surface area contributed by atoms with Gasteiger partial charge in [-0.3, -0.25) is 13.9 Å². The first-order valence-corrected chi connectivity index (χ1v) is 11.1. The molecular formula is C21H14FN4O2S2-. The van der Waals surface area contributed by atoms with Crippen LogP contribution in [0.15, 0.2) is 67.1 Å². The van der Waals surface area contributed by atoms with Crippen LogP contribution in [-0.2, 0) is 16.8 Å². The Morgan fingerprint density at radius 3 is 2.70 bits per heavy atom. The van der Waals surface area contributed by atoms with Gasteiger partial charge < -0.3 is 4.55 Å². The topological polar surface area (TPSA) is 86.6 Å². The number of nitrogens with zero attached hydrogens (tertiary/aromatic N) is 3. The molecule has 3 aromatic heterocycles. The van der Waals surface area contributed by atoms with Crippen molar-refractivity contribution in [2.75, 3.05) is 0 Å². The minimum Gasteiger partial charge on any atom is -0.772 e. The van der Waals surface area contributed by atoms with Gasteiger partial charge in [-0.15, -0.1) is 11.3 Å². The van der Waals surface area contributed by atoms with E-state index in [0.717, 1.165) is 43.3 Å². The number of fused-ring (bicyclic) bond motifs is 1. The van der Waals surface area contributed by atoms with Gasteiger partial charge in [0.1, 0.15) is 17.1 Å². The van der Waals surface area contributed by atoms with Crippen molar-refractivity contribution in [2.45, 2.75) is 5.75 Å². The zero-order valence-electron chi connectivity index (χ0n) is 15.4. The van der Waals surface area contributed by atoms with Crippen LogP contribution in [-0.4, -0.2) is 28.5 Å². The van der Waals surface area contributed by atoms with Crippen LogP contribution in [0, 0.1) is 5.82 Å². The average molecular weight is 438 g/mol. The van der Waals surface area contributed by atoms with Crippen molar-refractivity contribution in [3.8, 4) is 27.4 Å². The highest BCUT2D eigenvalue weighted by molar-refractivity contribution is 7.78. The van der Waals surface area contributed by atoms with Gasteiger partial charge in [0.15, 0.2) is 0 Å². The number of imidazole rings is 1.